The zero-order valence-electron chi connectivity index (χ0n) is 11.8. The number of nitrogens with two attached hydrogens (primary N) is 1. The molecule has 1 unspecified atom stereocenters. The highest BCUT2D eigenvalue weighted by Gasteiger charge is 2.12. The molecule has 0 radical (unpaired) electrons. The molecular formula is C12H26N2O4S. The zero-order valence-corrected chi connectivity index (χ0v) is 12.7. The second kappa shape index (κ2) is 12.7. The Bertz CT molecular complexity index is 230. The van der Waals surface area contributed by atoms with Gasteiger partial charge in [-0.15, -0.1) is 0 Å². The van der Waals surface area contributed by atoms with Crippen LogP contribution in [0.4, 0.5) is 0 Å². The van der Waals surface area contributed by atoms with Crippen LogP contribution < -0.4 is 5.73 Å². The molecule has 0 aromatic carbocycles. The summed E-state index contributed by atoms with van der Waals surface area (Å²) in [5, 5.41) is -0.276. The summed E-state index contributed by atoms with van der Waals surface area (Å²) in [7, 11) is 1.74. The fourth-order valence-electron chi connectivity index (χ4n) is 1.26. The van der Waals surface area contributed by atoms with Crippen molar-refractivity contribution < 1.29 is 19.0 Å². The van der Waals surface area contributed by atoms with Crippen LogP contribution in [0.5, 0.6) is 0 Å². The smallest absolute Gasteiger partial charge is 0.234 e. The van der Waals surface area contributed by atoms with Crippen LogP contribution in [0.2, 0.25) is 0 Å². The van der Waals surface area contributed by atoms with Crippen LogP contribution in [0.3, 0.4) is 0 Å². The van der Waals surface area contributed by atoms with Crippen molar-refractivity contribution in [3.8, 4) is 0 Å². The van der Waals surface area contributed by atoms with Gasteiger partial charge in [0, 0.05) is 20.1 Å². The molecule has 0 rings (SSSR count). The molecule has 2 N–H and O–H groups in total. The third kappa shape index (κ3) is 11.2. The molecule has 0 saturated heterocycles. The van der Waals surface area contributed by atoms with Crippen LogP contribution in [-0.2, 0) is 19.0 Å². The van der Waals surface area contributed by atoms with Crippen molar-refractivity contribution in [1.82, 2.24) is 4.90 Å². The number of carbonyl (C=O) groups is 1. The molecule has 0 aliphatic heterocycles. The minimum absolute atomic E-state index is 0.000218. The van der Waals surface area contributed by atoms with E-state index in [1.54, 1.807) is 18.9 Å². The Kier molecular flexibility index (Phi) is 12.5. The summed E-state index contributed by atoms with van der Waals surface area (Å²) in [4.78, 5) is 13.1. The van der Waals surface area contributed by atoms with E-state index in [0.717, 1.165) is 0 Å². The van der Waals surface area contributed by atoms with Gasteiger partial charge in [-0.3, -0.25) is 4.79 Å². The molecule has 19 heavy (non-hydrogen) atoms. The number of carbonyl (C=O) groups excluding carboxylic acids is 1. The number of hydrogen-bond acceptors (Lipinski definition) is 6. The Hall–Kier alpha value is -0.340. The van der Waals surface area contributed by atoms with Crippen LogP contribution >= 0.6 is 12.6 Å². The summed E-state index contributed by atoms with van der Waals surface area (Å²) >= 11 is 4.09. The fourth-order valence-corrected chi connectivity index (χ4v) is 1.45. The highest BCUT2D eigenvalue weighted by molar-refractivity contribution is 7.81. The maximum atomic E-state index is 11.5. The van der Waals surface area contributed by atoms with Crippen molar-refractivity contribution in [1.29, 1.82) is 0 Å². The van der Waals surface area contributed by atoms with E-state index in [-0.39, 0.29) is 11.2 Å². The Morgan fingerprint density at radius 3 is 2.05 bits per heavy atom. The molecule has 0 bridgehead atoms. The first-order chi connectivity index (χ1) is 9.09. The minimum Gasteiger partial charge on any atom is -0.378 e. The summed E-state index contributed by atoms with van der Waals surface area (Å²) in [6, 6.07) is 0. The van der Waals surface area contributed by atoms with Gasteiger partial charge in [-0.05, 0) is 6.92 Å². The quantitative estimate of drug-likeness (QED) is 0.384. The number of ether oxygens (including phenoxy) is 3. The molecule has 114 valence electrons. The van der Waals surface area contributed by atoms with E-state index in [0.29, 0.717) is 52.7 Å². The van der Waals surface area contributed by atoms with Gasteiger partial charge in [0.1, 0.15) is 0 Å². The minimum atomic E-state index is -0.276. The lowest BCUT2D eigenvalue weighted by Crippen LogP contribution is -2.34. The van der Waals surface area contributed by atoms with Crippen LogP contribution in [0.25, 0.3) is 0 Å². The maximum absolute atomic E-state index is 11.5. The van der Waals surface area contributed by atoms with Crippen LogP contribution in [0.1, 0.15) is 6.92 Å². The first-order valence-corrected chi connectivity index (χ1v) is 6.97. The van der Waals surface area contributed by atoms with Gasteiger partial charge in [0.15, 0.2) is 0 Å². The Morgan fingerprint density at radius 2 is 1.58 bits per heavy atom. The molecule has 6 nitrogen and oxygen atoms in total. The highest BCUT2D eigenvalue weighted by Crippen LogP contribution is 1.98. The third-order valence-corrected chi connectivity index (χ3v) is 2.53. The summed E-state index contributed by atoms with van der Waals surface area (Å²) in [5.74, 6) is 0.000218. The number of rotatable bonds is 12. The molecule has 1 atom stereocenters. The molecule has 1 amide bonds. The van der Waals surface area contributed by atoms with E-state index >= 15 is 0 Å². The van der Waals surface area contributed by atoms with E-state index in [1.807, 2.05) is 0 Å². The molecular weight excluding hydrogens is 268 g/mol. The largest absolute Gasteiger partial charge is 0.378 e. The lowest BCUT2D eigenvalue weighted by molar-refractivity contribution is -0.129. The van der Waals surface area contributed by atoms with Crippen molar-refractivity contribution in [3.63, 3.8) is 0 Å². The van der Waals surface area contributed by atoms with Gasteiger partial charge in [0.25, 0.3) is 0 Å². The molecule has 0 aromatic rings. The predicted octanol–water partition coefficient (Wildman–Crippen LogP) is -0.228. The van der Waals surface area contributed by atoms with Crippen molar-refractivity contribution in [2.75, 3.05) is 59.8 Å². The molecule has 0 saturated carbocycles. The van der Waals surface area contributed by atoms with E-state index in [2.05, 4.69) is 12.6 Å². The van der Waals surface area contributed by atoms with Gasteiger partial charge in [-0.1, -0.05) is 0 Å². The van der Waals surface area contributed by atoms with Gasteiger partial charge in [-0.2, -0.15) is 12.6 Å². The second-order valence-electron chi connectivity index (χ2n) is 4.06. The Morgan fingerprint density at radius 1 is 1.11 bits per heavy atom. The molecule has 0 heterocycles. The lowest BCUT2D eigenvalue weighted by Gasteiger charge is -2.18. The Labute approximate surface area is 121 Å². The van der Waals surface area contributed by atoms with Crippen molar-refractivity contribution in [2.24, 2.45) is 5.73 Å². The van der Waals surface area contributed by atoms with Gasteiger partial charge < -0.3 is 24.8 Å². The summed E-state index contributed by atoms with van der Waals surface area (Å²) in [5.41, 5.74) is 5.27. The van der Waals surface area contributed by atoms with E-state index < -0.39 is 0 Å². The number of amides is 1. The van der Waals surface area contributed by atoms with E-state index in [9.17, 15) is 4.79 Å². The number of nitrogens with zero attached hydrogens (tertiary/aromatic N) is 1. The summed E-state index contributed by atoms with van der Waals surface area (Å²) in [6.07, 6.45) is 0. The van der Waals surface area contributed by atoms with Crippen LogP contribution in [0, 0.1) is 0 Å². The zero-order chi connectivity index (χ0) is 14.5. The topological polar surface area (TPSA) is 74.0 Å². The standard InChI is InChI=1S/C12H26N2O4S/c1-11(19)12(15)14(2)4-6-17-8-10-18-9-7-16-5-3-13/h11,19H,3-10,13H2,1-2H3. The molecule has 0 aliphatic rings. The molecule has 0 spiro atoms. The highest BCUT2D eigenvalue weighted by atomic mass is 32.1. The molecule has 7 heteroatoms. The lowest BCUT2D eigenvalue weighted by atomic mass is 10.4. The average Bonchev–Trinajstić information content (AvgIpc) is 2.39. The van der Waals surface area contributed by atoms with Crippen molar-refractivity contribution >= 4 is 18.5 Å². The third-order valence-electron chi connectivity index (χ3n) is 2.31. The van der Waals surface area contributed by atoms with Crippen LogP contribution in [0.15, 0.2) is 0 Å². The van der Waals surface area contributed by atoms with Gasteiger partial charge >= 0.3 is 0 Å². The monoisotopic (exact) mass is 294 g/mol. The predicted molar refractivity (Wildman–Crippen MR) is 77.6 cm³/mol. The van der Waals surface area contributed by atoms with Crippen LogP contribution in [-0.4, -0.2) is 75.8 Å². The van der Waals surface area contributed by atoms with E-state index in [4.69, 9.17) is 19.9 Å². The molecule has 0 aromatic heterocycles. The normalized spacial score (nSPS) is 12.4. The van der Waals surface area contributed by atoms with Gasteiger partial charge in [0.2, 0.25) is 5.91 Å². The maximum Gasteiger partial charge on any atom is 0.234 e. The number of likely N-dealkylation sites (N-methyl/N-ethyl adjacent to an activating group) is 1. The number of hydrogen-bond donors (Lipinski definition) is 2. The molecule has 0 aliphatic carbocycles. The first kappa shape index (κ1) is 18.7. The van der Waals surface area contributed by atoms with E-state index in [1.165, 1.54) is 0 Å². The fraction of sp³-hybridized carbons (Fsp3) is 0.917. The second-order valence-corrected chi connectivity index (χ2v) is 4.84. The summed E-state index contributed by atoms with van der Waals surface area (Å²) < 4.78 is 15.8. The van der Waals surface area contributed by atoms with Crippen molar-refractivity contribution in [3.05, 3.63) is 0 Å². The molecule has 0 fully saturated rings. The van der Waals surface area contributed by atoms with Crippen molar-refractivity contribution in [2.45, 2.75) is 12.2 Å². The SMILES string of the molecule is CC(S)C(=O)N(C)CCOCCOCCOCCN. The van der Waals surface area contributed by atoms with Gasteiger partial charge in [-0.25, -0.2) is 0 Å². The first-order valence-electron chi connectivity index (χ1n) is 6.46. The summed E-state index contributed by atoms with van der Waals surface area (Å²) in [6.45, 7) is 6.02. The van der Waals surface area contributed by atoms with Gasteiger partial charge in [0.05, 0.1) is 44.9 Å². The number of thiol groups is 1. The average molecular weight is 294 g/mol. The Balaban J connectivity index is 3.25.